The maximum absolute atomic E-state index is 12.5. The van der Waals surface area contributed by atoms with Crippen LogP contribution in [0.2, 0.25) is 5.02 Å². The van der Waals surface area contributed by atoms with Crippen LogP contribution >= 0.6 is 11.6 Å². The summed E-state index contributed by atoms with van der Waals surface area (Å²) < 4.78 is 34.7. The van der Waals surface area contributed by atoms with Gasteiger partial charge in [0, 0.05) is 10.6 Å². The molecule has 8 nitrogen and oxygen atoms in total. The molecule has 3 rings (SSSR count). The van der Waals surface area contributed by atoms with E-state index in [1.807, 2.05) is 6.92 Å². The van der Waals surface area contributed by atoms with E-state index in [0.29, 0.717) is 16.3 Å². The Hall–Kier alpha value is -3.66. The predicted molar refractivity (Wildman–Crippen MR) is 133 cm³/mol. The number of methoxy groups -OCH3 is 1. The van der Waals surface area contributed by atoms with Gasteiger partial charge in [-0.1, -0.05) is 77.4 Å². The van der Waals surface area contributed by atoms with Crippen molar-refractivity contribution in [1.82, 2.24) is 5.48 Å². The van der Waals surface area contributed by atoms with Crippen LogP contribution in [0.5, 0.6) is 0 Å². The van der Waals surface area contributed by atoms with E-state index in [0.717, 1.165) is 18.2 Å². The van der Waals surface area contributed by atoms with Crippen molar-refractivity contribution in [3.8, 4) is 0 Å². The zero-order valence-electron chi connectivity index (χ0n) is 19.0. The first kappa shape index (κ1) is 26.0. The number of rotatable bonds is 10. The van der Waals surface area contributed by atoms with Gasteiger partial charge in [0.1, 0.15) is 11.5 Å². The Morgan fingerprint density at radius 1 is 1.03 bits per heavy atom. The molecular formula is C25H23ClN2O6S. The Bertz CT molecular complexity index is 1340. The standard InChI is InChI=1S/C25H23ClN2O6S/c1-17-8-14-22(15-9-17)35(30,31)34-28-24(25(29)32-3)23-7-5-4-6-20(23)16-33-27-18(2)19-10-12-21(26)13-11-19/h4-15,27H,2,16H2,1,3H3. The summed E-state index contributed by atoms with van der Waals surface area (Å²) in [5, 5.41) is 4.24. The number of halogens is 1. The van der Waals surface area contributed by atoms with Crippen LogP contribution in [0.3, 0.4) is 0 Å². The van der Waals surface area contributed by atoms with Crippen molar-refractivity contribution in [2.75, 3.05) is 7.11 Å². The molecule has 0 aliphatic heterocycles. The van der Waals surface area contributed by atoms with E-state index in [1.54, 1.807) is 60.7 Å². The first-order valence-corrected chi connectivity index (χ1v) is 12.1. The molecule has 0 bridgehead atoms. The summed E-state index contributed by atoms with van der Waals surface area (Å²) in [5.74, 6) is -0.880. The highest BCUT2D eigenvalue weighted by Gasteiger charge is 2.22. The lowest BCUT2D eigenvalue weighted by molar-refractivity contribution is -0.132. The van der Waals surface area contributed by atoms with E-state index in [9.17, 15) is 13.2 Å². The minimum Gasteiger partial charge on any atom is -0.464 e. The van der Waals surface area contributed by atoms with Gasteiger partial charge in [-0.25, -0.2) is 4.79 Å². The Labute approximate surface area is 208 Å². The van der Waals surface area contributed by atoms with Gasteiger partial charge in [-0.3, -0.25) is 14.6 Å². The van der Waals surface area contributed by atoms with Crippen molar-refractivity contribution in [3.63, 3.8) is 0 Å². The van der Waals surface area contributed by atoms with Crippen LogP contribution in [0.4, 0.5) is 0 Å². The predicted octanol–water partition coefficient (Wildman–Crippen LogP) is 4.62. The molecule has 0 aliphatic carbocycles. The largest absolute Gasteiger partial charge is 0.464 e. The van der Waals surface area contributed by atoms with Gasteiger partial charge >= 0.3 is 16.1 Å². The molecule has 0 atom stereocenters. The summed E-state index contributed by atoms with van der Waals surface area (Å²) >= 11 is 5.90. The van der Waals surface area contributed by atoms with Gasteiger partial charge in [-0.05, 0) is 42.3 Å². The number of benzene rings is 3. The van der Waals surface area contributed by atoms with Crippen molar-refractivity contribution < 1.29 is 27.1 Å². The Morgan fingerprint density at radius 3 is 2.34 bits per heavy atom. The van der Waals surface area contributed by atoms with E-state index in [1.165, 1.54) is 12.1 Å². The highest BCUT2D eigenvalue weighted by molar-refractivity contribution is 7.86. The second-order valence-electron chi connectivity index (χ2n) is 7.31. The fourth-order valence-electron chi connectivity index (χ4n) is 2.92. The highest BCUT2D eigenvalue weighted by Crippen LogP contribution is 2.18. The molecule has 0 amide bonds. The molecule has 0 aromatic heterocycles. The number of carbonyl (C=O) groups is 1. The van der Waals surface area contributed by atoms with E-state index in [-0.39, 0.29) is 22.8 Å². The number of ether oxygens (including phenoxy) is 1. The summed E-state index contributed by atoms with van der Waals surface area (Å²) in [4.78, 5) is 17.9. The van der Waals surface area contributed by atoms with Gasteiger partial charge < -0.3 is 4.74 Å². The highest BCUT2D eigenvalue weighted by atomic mass is 35.5. The van der Waals surface area contributed by atoms with Gasteiger partial charge in [0.25, 0.3) is 0 Å². The Morgan fingerprint density at radius 2 is 1.69 bits per heavy atom. The smallest absolute Gasteiger partial charge is 0.360 e. The van der Waals surface area contributed by atoms with E-state index >= 15 is 0 Å². The molecule has 182 valence electrons. The lowest BCUT2D eigenvalue weighted by Crippen LogP contribution is -2.21. The molecule has 0 radical (unpaired) electrons. The van der Waals surface area contributed by atoms with Crippen molar-refractivity contribution in [1.29, 1.82) is 0 Å². The summed E-state index contributed by atoms with van der Waals surface area (Å²) in [7, 11) is -3.10. The average molecular weight is 515 g/mol. The van der Waals surface area contributed by atoms with Crippen molar-refractivity contribution in [2.24, 2.45) is 5.16 Å². The maximum atomic E-state index is 12.5. The van der Waals surface area contributed by atoms with E-state index in [4.69, 9.17) is 25.5 Å². The molecule has 0 fully saturated rings. The van der Waals surface area contributed by atoms with Gasteiger partial charge in [-0.15, -0.1) is 0 Å². The number of aryl methyl sites for hydroxylation is 1. The minimum atomic E-state index is -4.26. The number of hydrogen-bond acceptors (Lipinski definition) is 8. The molecule has 0 aliphatic rings. The number of nitrogens with zero attached hydrogens (tertiary/aromatic N) is 1. The minimum absolute atomic E-state index is 0.0104. The van der Waals surface area contributed by atoms with Gasteiger partial charge in [0.2, 0.25) is 0 Å². The molecule has 10 heteroatoms. The molecule has 0 saturated carbocycles. The summed E-state index contributed by atoms with van der Waals surface area (Å²) in [6, 6.07) is 19.7. The fourth-order valence-corrected chi connectivity index (χ4v) is 3.77. The third-order valence-electron chi connectivity index (χ3n) is 4.80. The number of oxime groups is 1. The van der Waals surface area contributed by atoms with Gasteiger partial charge in [0.15, 0.2) is 5.71 Å². The summed E-state index contributed by atoms with van der Waals surface area (Å²) in [5.41, 5.74) is 5.34. The maximum Gasteiger partial charge on any atom is 0.360 e. The molecule has 3 aromatic rings. The second kappa shape index (κ2) is 11.7. The number of carbonyl (C=O) groups excluding carboxylic acids is 1. The normalized spacial score (nSPS) is 11.6. The zero-order chi connectivity index (χ0) is 25.4. The van der Waals surface area contributed by atoms with Crippen LogP contribution in [0.15, 0.2) is 89.4 Å². The summed E-state index contributed by atoms with van der Waals surface area (Å²) in [6.45, 7) is 5.72. The number of hydrogen-bond donors (Lipinski definition) is 1. The molecule has 0 unspecified atom stereocenters. The van der Waals surface area contributed by atoms with Crippen LogP contribution in [0.1, 0.15) is 22.3 Å². The number of esters is 1. The van der Waals surface area contributed by atoms with Crippen molar-refractivity contribution in [2.45, 2.75) is 18.4 Å². The SMILES string of the molecule is C=C(NOCc1ccccc1C(=NOS(=O)(=O)c1ccc(C)cc1)C(=O)OC)c1ccc(Cl)cc1. The third kappa shape index (κ3) is 6.92. The van der Waals surface area contributed by atoms with Crippen molar-refractivity contribution >= 4 is 39.1 Å². The third-order valence-corrected chi connectivity index (χ3v) is 6.18. The quantitative estimate of drug-likeness (QED) is 0.239. The van der Waals surface area contributed by atoms with Gasteiger partial charge in [-0.2, -0.15) is 8.42 Å². The van der Waals surface area contributed by atoms with E-state index in [2.05, 4.69) is 17.2 Å². The number of nitrogens with one attached hydrogen (secondary N) is 1. The first-order valence-electron chi connectivity index (χ1n) is 10.3. The molecule has 0 saturated heterocycles. The number of hydroxylamine groups is 1. The topological polar surface area (TPSA) is 103 Å². The monoisotopic (exact) mass is 514 g/mol. The van der Waals surface area contributed by atoms with Gasteiger partial charge in [0.05, 0.1) is 12.8 Å². The second-order valence-corrected chi connectivity index (χ2v) is 9.27. The molecule has 35 heavy (non-hydrogen) atoms. The average Bonchev–Trinajstić information content (AvgIpc) is 2.85. The van der Waals surface area contributed by atoms with Crippen molar-refractivity contribution in [3.05, 3.63) is 107 Å². The Balaban J connectivity index is 1.79. The Kier molecular flexibility index (Phi) is 8.64. The van der Waals surface area contributed by atoms with Crippen LogP contribution in [0.25, 0.3) is 5.70 Å². The first-order chi connectivity index (χ1) is 16.7. The lowest BCUT2D eigenvalue weighted by Gasteiger charge is -2.13. The lowest BCUT2D eigenvalue weighted by atomic mass is 10.0. The fraction of sp³-hybridized carbons (Fsp3) is 0.120. The van der Waals surface area contributed by atoms with Crippen LogP contribution in [-0.2, 0) is 35.4 Å². The van der Waals surface area contributed by atoms with Crippen LogP contribution in [-0.4, -0.2) is 27.2 Å². The van der Waals surface area contributed by atoms with E-state index < -0.39 is 16.1 Å². The molecular weight excluding hydrogens is 492 g/mol. The molecule has 0 spiro atoms. The summed E-state index contributed by atoms with van der Waals surface area (Å²) in [6.07, 6.45) is 0. The van der Waals surface area contributed by atoms with Crippen LogP contribution < -0.4 is 5.48 Å². The van der Waals surface area contributed by atoms with Crippen LogP contribution in [0, 0.1) is 6.92 Å². The molecule has 0 heterocycles. The molecule has 1 N–H and O–H groups in total. The zero-order valence-corrected chi connectivity index (χ0v) is 20.6. The molecule has 3 aromatic carbocycles.